The van der Waals surface area contributed by atoms with Gasteiger partial charge >= 0.3 is 0 Å². The number of rotatable bonds is 4. The molecule has 12 rings (SSSR count). The van der Waals surface area contributed by atoms with Gasteiger partial charge < -0.3 is 4.90 Å². The third kappa shape index (κ3) is 4.18. The molecule has 0 saturated heterocycles. The lowest BCUT2D eigenvalue weighted by atomic mass is 9.63. The highest BCUT2D eigenvalue weighted by molar-refractivity contribution is 5.99. The lowest BCUT2D eigenvalue weighted by Crippen LogP contribution is -2.36. The zero-order chi connectivity index (χ0) is 37.6. The number of anilines is 3. The van der Waals surface area contributed by atoms with Crippen molar-refractivity contribution in [3.63, 3.8) is 0 Å². The van der Waals surface area contributed by atoms with Crippen molar-refractivity contribution < 1.29 is 0 Å². The molecule has 2 aliphatic carbocycles. The van der Waals surface area contributed by atoms with Crippen molar-refractivity contribution in [2.75, 3.05) is 4.90 Å². The molecule has 0 radical (unpaired) electrons. The maximum atomic E-state index is 2.53. The van der Waals surface area contributed by atoms with Crippen LogP contribution < -0.4 is 4.90 Å². The van der Waals surface area contributed by atoms with Gasteiger partial charge in [-0.25, -0.2) is 0 Å². The molecule has 0 fully saturated rings. The monoisotopic (exact) mass is 723 g/mol. The van der Waals surface area contributed by atoms with Crippen LogP contribution in [-0.2, 0) is 10.8 Å². The molecular formula is C56H37N. The second-order valence-electron chi connectivity index (χ2n) is 15.5. The number of para-hydroxylation sites is 3. The zero-order valence-electron chi connectivity index (χ0n) is 31.3. The van der Waals surface area contributed by atoms with Crippen LogP contribution in [0.2, 0.25) is 0 Å². The molecule has 3 aliphatic rings. The third-order valence-electron chi connectivity index (χ3n) is 12.9. The van der Waals surface area contributed by atoms with Gasteiger partial charge in [-0.3, -0.25) is 0 Å². The van der Waals surface area contributed by atoms with Gasteiger partial charge in [0.1, 0.15) is 0 Å². The molecule has 1 heteroatoms. The predicted octanol–water partition coefficient (Wildman–Crippen LogP) is 13.9. The number of benzene rings is 9. The molecule has 0 N–H and O–H groups in total. The van der Waals surface area contributed by atoms with E-state index in [9.17, 15) is 0 Å². The first kappa shape index (κ1) is 32.1. The summed E-state index contributed by atoms with van der Waals surface area (Å²) in [5.41, 5.74) is 20.6. The second kappa shape index (κ2) is 12.1. The normalized spacial score (nSPS) is 14.6. The molecule has 1 spiro atoms. The summed E-state index contributed by atoms with van der Waals surface area (Å²) in [5.74, 6) is 0. The molecule has 266 valence electrons. The Kier molecular flexibility index (Phi) is 6.83. The minimum Gasteiger partial charge on any atom is -0.310 e. The molecule has 0 saturated carbocycles. The maximum absolute atomic E-state index is 2.53. The Labute approximate surface area is 333 Å². The molecule has 9 aromatic carbocycles. The fourth-order valence-electron chi connectivity index (χ4n) is 10.9. The lowest BCUT2D eigenvalue weighted by molar-refractivity contribution is 0.753. The lowest BCUT2D eigenvalue weighted by Gasteiger charge is -2.45. The predicted molar refractivity (Wildman–Crippen MR) is 235 cm³/mol. The molecule has 1 nitrogen and oxygen atoms in total. The molecule has 1 heterocycles. The number of hydrogen-bond donors (Lipinski definition) is 0. The van der Waals surface area contributed by atoms with Crippen molar-refractivity contribution in [2.45, 2.75) is 10.8 Å². The van der Waals surface area contributed by atoms with E-state index in [1.165, 1.54) is 89.3 Å². The second-order valence-corrected chi connectivity index (χ2v) is 15.5. The quantitative estimate of drug-likeness (QED) is 0.175. The van der Waals surface area contributed by atoms with Crippen LogP contribution in [0.15, 0.2) is 224 Å². The van der Waals surface area contributed by atoms with E-state index < -0.39 is 10.8 Å². The van der Waals surface area contributed by atoms with Gasteiger partial charge in [-0.2, -0.15) is 0 Å². The van der Waals surface area contributed by atoms with Gasteiger partial charge in [-0.1, -0.05) is 194 Å². The van der Waals surface area contributed by atoms with Crippen molar-refractivity contribution >= 4 is 17.1 Å². The Morgan fingerprint density at radius 3 is 1.33 bits per heavy atom. The molecule has 0 aromatic heterocycles. The van der Waals surface area contributed by atoms with E-state index in [-0.39, 0.29) is 0 Å². The van der Waals surface area contributed by atoms with Crippen LogP contribution in [-0.4, -0.2) is 0 Å². The Morgan fingerprint density at radius 2 is 0.719 bits per heavy atom. The largest absolute Gasteiger partial charge is 0.310 e. The van der Waals surface area contributed by atoms with Crippen LogP contribution in [0.5, 0.6) is 0 Å². The summed E-state index contributed by atoms with van der Waals surface area (Å²) >= 11 is 0. The molecule has 9 aromatic rings. The van der Waals surface area contributed by atoms with Gasteiger partial charge in [0.15, 0.2) is 0 Å². The zero-order valence-corrected chi connectivity index (χ0v) is 31.3. The topological polar surface area (TPSA) is 3.24 Å². The van der Waals surface area contributed by atoms with Crippen LogP contribution >= 0.6 is 0 Å². The van der Waals surface area contributed by atoms with Gasteiger partial charge in [-0.05, 0) is 108 Å². The average molecular weight is 724 g/mol. The molecule has 1 aliphatic heterocycles. The van der Waals surface area contributed by atoms with Crippen molar-refractivity contribution in [3.05, 3.63) is 269 Å². The summed E-state index contributed by atoms with van der Waals surface area (Å²) in [6.45, 7) is 0. The van der Waals surface area contributed by atoms with E-state index >= 15 is 0 Å². The first-order chi connectivity index (χ1) is 28.3. The van der Waals surface area contributed by atoms with Crippen LogP contribution in [0.25, 0.3) is 33.4 Å². The van der Waals surface area contributed by atoms with E-state index in [0.29, 0.717) is 0 Å². The number of fused-ring (bicyclic) bond motifs is 12. The maximum Gasteiger partial charge on any atom is 0.0760 e. The first-order valence-electron chi connectivity index (χ1n) is 19.9. The molecule has 0 unspecified atom stereocenters. The Hall–Kier alpha value is -7.22. The Bertz CT molecular complexity index is 2930. The molecule has 57 heavy (non-hydrogen) atoms. The Balaban J connectivity index is 1.18. The summed E-state index contributed by atoms with van der Waals surface area (Å²) in [7, 11) is 0. The smallest absolute Gasteiger partial charge is 0.0760 e. The number of nitrogens with zero attached hydrogens (tertiary/aromatic N) is 1. The van der Waals surface area contributed by atoms with Gasteiger partial charge in [0.25, 0.3) is 0 Å². The third-order valence-corrected chi connectivity index (χ3v) is 12.9. The minimum absolute atomic E-state index is 0.483. The fraction of sp³-hybridized carbons (Fsp3) is 0.0357. The van der Waals surface area contributed by atoms with Crippen molar-refractivity contribution in [2.24, 2.45) is 0 Å². The van der Waals surface area contributed by atoms with Crippen molar-refractivity contribution in [1.82, 2.24) is 0 Å². The summed E-state index contributed by atoms with van der Waals surface area (Å²) in [5, 5.41) is 0. The summed E-state index contributed by atoms with van der Waals surface area (Å²) in [6, 6.07) is 83.7. The fourth-order valence-corrected chi connectivity index (χ4v) is 10.9. The molecule has 0 bridgehead atoms. The summed E-state index contributed by atoms with van der Waals surface area (Å²) < 4.78 is 0. The highest BCUT2D eigenvalue weighted by atomic mass is 15.2. The molecule has 0 atom stereocenters. The highest BCUT2D eigenvalue weighted by Crippen LogP contribution is 2.65. The van der Waals surface area contributed by atoms with Crippen LogP contribution in [0.3, 0.4) is 0 Å². The Morgan fingerprint density at radius 1 is 0.281 bits per heavy atom. The minimum atomic E-state index is -0.557. The standard InChI is InChI=1S/C56H37N/c1-4-19-39(20-5-1)55(40-21-6-2-7-22-40)47-29-12-10-25-43(47)45-36-35-38(37-51(45)55)42-27-18-28-46-44-26-11-13-30-48(44)56(54(42)46)49-31-14-16-33-52(49)57(41-23-8-3-9-24-41)53-34-17-15-32-50(53)56/h1-37H. The van der Waals surface area contributed by atoms with Gasteiger partial charge in [0, 0.05) is 5.69 Å². The summed E-state index contributed by atoms with van der Waals surface area (Å²) in [6.07, 6.45) is 0. The van der Waals surface area contributed by atoms with E-state index in [4.69, 9.17) is 0 Å². The van der Waals surface area contributed by atoms with E-state index in [1.54, 1.807) is 0 Å². The van der Waals surface area contributed by atoms with Gasteiger partial charge in [-0.15, -0.1) is 0 Å². The van der Waals surface area contributed by atoms with Crippen molar-refractivity contribution in [3.8, 4) is 33.4 Å². The SMILES string of the molecule is c1ccc(N2c3ccccc3C3(c4ccccc4-c4cccc(-c5ccc6c(c5)C(c5ccccc5)(c5ccccc5)c5ccccc5-6)c43)c3ccccc32)cc1. The van der Waals surface area contributed by atoms with Crippen LogP contribution in [0.1, 0.15) is 44.5 Å². The molecule has 0 amide bonds. The molecular weight excluding hydrogens is 687 g/mol. The van der Waals surface area contributed by atoms with Crippen LogP contribution in [0, 0.1) is 0 Å². The van der Waals surface area contributed by atoms with Crippen LogP contribution in [0.4, 0.5) is 17.1 Å². The van der Waals surface area contributed by atoms with E-state index in [1.807, 2.05) is 0 Å². The van der Waals surface area contributed by atoms with Crippen molar-refractivity contribution in [1.29, 1.82) is 0 Å². The first-order valence-corrected chi connectivity index (χ1v) is 19.9. The summed E-state index contributed by atoms with van der Waals surface area (Å²) in [4.78, 5) is 2.46. The van der Waals surface area contributed by atoms with E-state index in [0.717, 1.165) is 5.69 Å². The van der Waals surface area contributed by atoms with Gasteiger partial charge in [0.2, 0.25) is 0 Å². The van der Waals surface area contributed by atoms with Gasteiger partial charge in [0.05, 0.1) is 22.2 Å². The highest BCUT2D eigenvalue weighted by Gasteiger charge is 2.53. The number of hydrogen-bond acceptors (Lipinski definition) is 1. The average Bonchev–Trinajstić information content (AvgIpc) is 3.76. The van der Waals surface area contributed by atoms with E-state index in [2.05, 4.69) is 229 Å².